The predicted molar refractivity (Wildman–Crippen MR) is 69.5 cm³/mol. The Balaban J connectivity index is 2.19. The van der Waals surface area contributed by atoms with Crippen LogP contribution in [0.2, 0.25) is 0 Å². The number of benzene rings is 2. The fraction of sp³-hybridized carbons (Fsp3) is 0.133. The summed E-state index contributed by atoms with van der Waals surface area (Å²) in [5, 5.41) is 11.8. The third-order valence-electron chi connectivity index (χ3n) is 2.89. The second-order valence-electron chi connectivity index (χ2n) is 4.37. The van der Waals surface area contributed by atoms with Crippen LogP contribution in [0.25, 0.3) is 0 Å². The first-order chi connectivity index (χ1) is 9.51. The van der Waals surface area contributed by atoms with Gasteiger partial charge in [0.1, 0.15) is 0 Å². The minimum absolute atomic E-state index is 0.129. The Morgan fingerprint density at radius 2 is 1.75 bits per heavy atom. The lowest BCUT2D eigenvalue weighted by atomic mass is 10.1. The molecule has 0 amide bonds. The van der Waals surface area contributed by atoms with Gasteiger partial charge in [-0.25, -0.2) is 13.2 Å². The topological polar surface area (TPSA) is 35.8 Å². The van der Waals surface area contributed by atoms with Crippen LogP contribution in [0.1, 0.15) is 16.7 Å². The number of rotatable bonds is 3. The molecule has 5 heteroatoms. The Morgan fingerprint density at radius 1 is 1.10 bits per heavy atom. The van der Waals surface area contributed by atoms with E-state index in [1.165, 1.54) is 0 Å². The van der Waals surface area contributed by atoms with Crippen LogP contribution in [0.3, 0.4) is 0 Å². The first kappa shape index (κ1) is 13.9. The van der Waals surface area contributed by atoms with E-state index in [0.29, 0.717) is 11.3 Å². The first-order valence-electron chi connectivity index (χ1n) is 5.89. The standard InChI is InChI=1S/C15H11F3N2/c1-9-2-3-10(7-19)6-14(9)20-8-11-4-12(16)15(18)13(17)5-11/h2-6,20H,8H2,1H3. The smallest absolute Gasteiger partial charge is 0.194 e. The molecule has 0 aliphatic rings. The molecule has 2 aromatic carbocycles. The molecular weight excluding hydrogens is 265 g/mol. The van der Waals surface area contributed by atoms with Gasteiger partial charge in [0.05, 0.1) is 11.6 Å². The van der Waals surface area contributed by atoms with Gasteiger partial charge >= 0.3 is 0 Å². The van der Waals surface area contributed by atoms with Gasteiger partial charge in [0.2, 0.25) is 0 Å². The summed E-state index contributed by atoms with van der Waals surface area (Å²) in [4.78, 5) is 0. The highest BCUT2D eigenvalue weighted by molar-refractivity contribution is 5.55. The lowest BCUT2D eigenvalue weighted by Crippen LogP contribution is -2.03. The molecule has 2 rings (SSSR count). The number of halogens is 3. The molecule has 0 aromatic heterocycles. The van der Waals surface area contributed by atoms with Gasteiger partial charge in [0.15, 0.2) is 17.5 Å². The van der Waals surface area contributed by atoms with Gasteiger partial charge < -0.3 is 5.32 Å². The van der Waals surface area contributed by atoms with E-state index in [4.69, 9.17) is 5.26 Å². The molecule has 0 bridgehead atoms. The molecule has 2 nitrogen and oxygen atoms in total. The maximum absolute atomic E-state index is 13.1. The molecule has 0 spiro atoms. The zero-order chi connectivity index (χ0) is 14.7. The van der Waals surface area contributed by atoms with Gasteiger partial charge in [-0.05, 0) is 42.3 Å². The number of aryl methyl sites for hydroxylation is 1. The molecule has 0 saturated heterocycles. The second-order valence-corrected chi connectivity index (χ2v) is 4.37. The molecule has 2 aromatic rings. The van der Waals surface area contributed by atoms with Gasteiger partial charge in [-0.1, -0.05) is 6.07 Å². The number of nitriles is 1. The highest BCUT2D eigenvalue weighted by Gasteiger charge is 2.10. The van der Waals surface area contributed by atoms with E-state index in [0.717, 1.165) is 17.7 Å². The van der Waals surface area contributed by atoms with E-state index in [9.17, 15) is 13.2 Å². The lowest BCUT2D eigenvalue weighted by Gasteiger charge is -2.10. The van der Waals surface area contributed by atoms with E-state index >= 15 is 0 Å². The molecule has 0 fully saturated rings. The molecule has 0 unspecified atom stereocenters. The molecule has 102 valence electrons. The van der Waals surface area contributed by atoms with Crippen LogP contribution < -0.4 is 5.32 Å². The summed E-state index contributed by atoms with van der Waals surface area (Å²) < 4.78 is 39.0. The fourth-order valence-electron chi connectivity index (χ4n) is 1.79. The molecule has 0 atom stereocenters. The van der Waals surface area contributed by atoms with Gasteiger partial charge in [0.25, 0.3) is 0 Å². The van der Waals surface area contributed by atoms with Crippen molar-refractivity contribution in [2.75, 3.05) is 5.32 Å². The van der Waals surface area contributed by atoms with Crippen LogP contribution in [0, 0.1) is 35.7 Å². The average molecular weight is 276 g/mol. The van der Waals surface area contributed by atoms with Crippen LogP contribution in [-0.4, -0.2) is 0 Å². The van der Waals surface area contributed by atoms with Crippen molar-refractivity contribution in [3.8, 4) is 6.07 Å². The Labute approximate surface area is 114 Å². The van der Waals surface area contributed by atoms with Gasteiger partial charge in [-0.3, -0.25) is 0 Å². The van der Waals surface area contributed by atoms with E-state index in [1.807, 2.05) is 13.0 Å². The monoisotopic (exact) mass is 276 g/mol. The third kappa shape index (κ3) is 2.91. The van der Waals surface area contributed by atoms with Crippen molar-refractivity contribution < 1.29 is 13.2 Å². The number of hydrogen-bond acceptors (Lipinski definition) is 2. The minimum Gasteiger partial charge on any atom is -0.381 e. The molecule has 1 N–H and O–H groups in total. The minimum atomic E-state index is -1.48. The molecule has 0 heterocycles. The Morgan fingerprint density at radius 3 is 2.35 bits per heavy atom. The number of nitrogens with zero attached hydrogens (tertiary/aromatic N) is 1. The van der Waals surface area contributed by atoms with Crippen LogP contribution in [0.5, 0.6) is 0 Å². The Bertz CT molecular complexity index is 667. The van der Waals surface area contributed by atoms with Crippen molar-refractivity contribution in [2.45, 2.75) is 13.5 Å². The summed E-state index contributed by atoms with van der Waals surface area (Å²) in [6.07, 6.45) is 0. The largest absolute Gasteiger partial charge is 0.381 e. The summed E-state index contributed by atoms with van der Waals surface area (Å²) in [6, 6.07) is 8.98. The maximum Gasteiger partial charge on any atom is 0.194 e. The normalized spacial score (nSPS) is 10.2. The predicted octanol–water partition coefficient (Wildman–Crippen LogP) is 3.90. The fourth-order valence-corrected chi connectivity index (χ4v) is 1.79. The quantitative estimate of drug-likeness (QED) is 0.863. The highest BCUT2D eigenvalue weighted by atomic mass is 19.2. The van der Waals surface area contributed by atoms with Crippen molar-refractivity contribution in [1.29, 1.82) is 5.26 Å². The van der Waals surface area contributed by atoms with Crippen LogP contribution >= 0.6 is 0 Å². The summed E-state index contributed by atoms with van der Waals surface area (Å²) in [6.45, 7) is 1.97. The van der Waals surface area contributed by atoms with Crippen LogP contribution in [0.15, 0.2) is 30.3 Å². The summed E-state index contributed by atoms with van der Waals surface area (Å²) in [5.74, 6) is -3.91. The van der Waals surface area contributed by atoms with Crippen LogP contribution in [-0.2, 0) is 6.54 Å². The molecule has 20 heavy (non-hydrogen) atoms. The van der Waals surface area contributed by atoms with E-state index in [1.54, 1.807) is 18.2 Å². The van der Waals surface area contributed by atoms with Crippen LogP contribution in [0.4, 0.5) is 18.9 Å². The molecular formula is C15H11F3N2. The van der Waals surface area contributed by atoms with E-state index < -0.39 is 17.5 Å². The van der Waals surface area contributed by atoms with Crippen molar-refractivity contribution in [1.82, 2.24) is 0 Å². The molecule has 0 aliphatic heterocycles. The Kier molecular flexibility index (Phi) is 3.94. The first-order valence-corrected chi connectivity index (χ1v) is 5.89. The number of hydrogen-bond donors (Lipinski definition) is 1. The van der Waals surface area contributed by atoms with Crippen molar-refractivity contribution in [2.24, 2.45) is 0 Å². The Hall–Kier alpha value is -2.48. The third-order valence-corrected chi connectivity index (χ3v) is 2.89. The van der Waals surface area contributed by atoms with E-state index in [2.05, 4.69) is 5.32 Å². The van der Waals surface area contributed by atoms with Gasteiger partial charge in [-0.2, -0.15) is 5.26 Å². The molecule has 0 saturated carbocycles. The molecule has 0 radical (unpaired) electrons. The zero-order valence-electron chi connectivity index (χ0n) is 10.7. The number of anilines is 1. The lowest BCUT2D eigenvalue weighted by molar-refractivity contribution is 0.445. The van der Waals surface area contributed by atoms with Gasteiger partial charge in [0, 0.05) is 12.2 Å². The summed E-state index contributed by atoms with van der Waals surface area (Å²) in [7, 11) is 0. The summed E-state index contributed by atoms with van der Waals surface area (Å²) in [5.41, 5.74) is 2.35. The van der Waals surface area contributed by atoms with Crippen molar-refractivity contribution >= 4 is 5.69 Å². The zero-order valence-corrected chi connectivity index (χ0v) is 10.7. The van der Waals surface area contributed by atoms with Crippen molar-refractivity contribution in [3.63, 3.8) is 0 Å². The van der Waals surface area contributed by atoms with E-state index in [-0.39, 0.29) is 12.1 Å². The second kappa shape index (κ2) is 5.66. The average Bonchev–Trinajstić information content (AvgIpc) is 2.43. The SMILES string of the molecule is Cc1ccc(C#N)cc1NCc1cc(F)c(F)c(F)c1. The van der Waals surface area contributed by atoms with Crippen molar-refractivity contribution in [3.05, 3.63) is 64.5 Å². The highest BCUT2D eigenvalue weighted by Crippen LogP contribution is 2.19. The summed E-state index contributed by atoms with van der Waals surface area (Å²) >= 11 is 0. The van der Waals surface area contributed by atoms with Gasteiger partial charge in [-0.15, -0.1) is 0 Å². The molecule has 0 aliphatic carbocycles. The maximum atomic E-state index is 13.1. The number of nitrogens with one attached hydrogen (secondary N) is 1.